The van der Waals surface area contributed by atoms with Crippen LogP contribution < -0.4 is 15.2 Å². The van der Waals surface area contributed by atoms with Crippen LogP contribution in [0.25, 0.3) is 0 Å². The smallest absolute Gasteiger partial charge is 0.121 e. The number of aryl methyl sites for hydroxylation is 2. The van der Waals surface area contributed by atoms with E-state index in [1.807, 2.05) is 36.4 Å². The molecule has 0 heterocycles. The van der Waals surface area contributed by atoms with Crippen molar-refractivity contribution in [3.05, 3.63) is 53.6 Å². The third-order valence-electron chi connectivity index (χ3n) is 2.88. The summed E-state index contributed by atoms with van der Waals surface area (Å²) in [7, 11) is 0. The van der Waals surface area contributed by atoms with E-state index in [0.717, 1.165) is 17.9 Å². The summed E-state index contributed by atoms with van der Waals surface area (Å²) in [6.07, 6.45) is 0.835. The molecule has 0 aromatic heterocycles. The van der Waals surface area contributed by atoms with E-state index in [2.05, 4.69) is 19.9 Å². The zero-order valence-electron chi connectivity index (χ0n) is 12.1. The molecule has 0 fully saturated rings. The third-order valence-corrected chi connectivity index (χ3v) is 2.88. The molecule has 20 heavy (non-hydrogen) atoms. The number of anilines is 1. The number of ether oxygens (including phenoxy) is 2. The predicted molar refractivity (Wildman–Crippen MR) is 82.4 cm³/mol. The number of rotatable bonds is 6. The maximum atomic E-state index is 5.72. The summed E-state index contributed by atoms with van der Waals surface area (Å²) >= 11 is 0. The zero-order chi connectivity index (χ0) is 14.4. The predicted octanol–water partition coefficient (Wildman–Crippen LogP) is 3.73. The zero-order valence-corrected chi connectivity index (χ0v) is 12.1. The number of nitrogen functional groups attached to an aromatic ring is 1. The molecule has 0 spiro atoms. The Morgan fingerprint density at radius 3 is 2.15 bits per heavy atom. The molecule has 3 nitrogen and oxygen atoms in total. The van der Waals surface area contributed by atoms with Crippen molar-refractivity contribution >= 4 is 5.69 Å². The van der Waals surface area contributed by atoms with Gasteiger partial charge in [0.2, 0.25) is 0 Å². The lowest BCUT2D eigenvalue weighted by Crippen LogP contribution is -2.05. The molecule has 106 valence electrons. The van der Waals surface area contributed by atoms with Crippen LogP contribution >= 0.6 is 0 Å². The second-order valence-corrected chi connectivity index (χ2v) is 4.95. The van der Waals surface area contributed by atoms with E-state index in [1.54, 1.807) is 0 Å². The molecule has 0 aliphatic heterocycles. The minimum Gasteiger partial charge on any atom is -0.493 e. The normalized spacial score (nSPS) is 10.3. The minimum absolute atomic E-state index is 0.619. The molecule has 0 atom stereocenters. The highest BCUT2D eigenvalue weighted by molar-refractivity contribution is 5.43. The number of nitrogens with two attached hydrogens (primary N) is 1. The van der Waals surface area contributed by atoms with E-state index in [9.17, 15) is 0 Å². The van der Waals surface area contributed by atoms with Crippen LogP contribution in [0.4, 0.5) is 5.69 Å². The molecular weight excluding hydrogens is 250 g/mol. The van der Waals surface area contributed by atoms with Gasteiger partial charge in [-0.1, -0.05) is 12.1 Å². The Bertz CT molecular complexity index is 546. The topological polar surface area (TPSA) is 44.5 Å². The lowest BCUT2D eigenvalue weighted by molar-refractivity contribution is 0.247. The molecule has 0 bridgehead atoms. The maximum Gasteiger partial charge on any atom is 0.121 e. The van der Waals surface area contributed by atoms with Gasteiger partial charge in [0, 0.05) is 18.2 Å². The maximum absolute atomic E-state index is 5.72. The van der Waals surface area contributed by atoms with Crippen LogP contribution in [-0.2, 0) is 0 Å². The summed E-state index contributed by atoms with van der Waals surface area (Å²) in [6.45, 7) is 5.41. The number of hydrogen-bond donors (Lipinski definition) is 1. The van der Waals surface area contributed by atoms with Crippen LogP contribution in [-0.4, -0.2) is 13.2 Å². The van der Waals surface area contributed by atoms with Crippen molar-refractivity contribution in [2.24, 2.45) is 0 Å². The van der Waals surface area contributed by atoms with Gasteiger partial charge in [0.05, 0.1) is 13.2 Å². The van der Waals surface area contributed by atoms with Gasteiger partial charge in [0.1, 0.15) is 11.5 Å². The Kier molecular flexibility index (Phi) is 4.88. The Labute approximate surface area is 120 Å². The molecule has 3 heteroatoms. The summed E-state index contributed by atoms with van der Waals surface area (Å²) in [5.74, 6) is 1.72. The Morgan fingerprint density at radius 2 is 1.50 bits per heavy atom. The first-order chi connectivity index (χ1) is 9.63. The monoisotopic (exact) mass is 271 g/mol. The average Bonchev–Trinajstić information content (AvgIpc) is 2.37. The fourth-order valence-corrected chi connectivity index (χ4v) is 2.06. The van der Waals surface area contributed by atoms with Crippen LogP contribution in [0.2, 0.25) is 0 Å². The highest BCUT2D eigenvalue weighted by Gasteiger charge is 1.98. The van der Waals surface area contributed by atoms with Crippen molar-refractivity contribution in [2.45, 2.75) is 20.3 Å². The van der Waals surface area contributed by atoms with Crippen molar-refractivity contribution in [2.75, 3.05) is 18.9 Å². The van der Waals surface area contributed by atoms with Gasteiger partial charge in [-0.05, 0) is 49.2 Å². The van der Waals surface area contributed by atoms with Crippen LogP contribution in [0.3, 0.4) is 0 Å². The van der Waals surface area contributed by atoms with Crippen molar-refractivity contribution < 1.29 is 9.47 Å². The lowest BCUT2D eigenvalue weighted by Gasteiger charge is -2.09. The molecule has 0 radical (unpaired) electrons. The number of hydrogen-bond acceptors (Lipinski definition) is 3. The van der Waals surface area contributed by atoms with Gasteiger partial charge in [-0.15, -0.1) is 0 Å². The largest absolute Gasteiger partial charge is 0.493 e. The van der Waals surface area contributed by atoms with Gasteiger partial charge in [-0.2, -0.15) is 0 Å². The van der Waals surface area contributed by atoms with Gasteiger partial charge >= 0.3 is 0 Å². The molecular formula is C17H21NO2. The van der Waals surface area contributed by atoms with Crippen LogP contribution in [0.15, 0.2) is 42.5 Å². The van der Waals surface area contributed by atoms with Crippen LogP contribution in [0.1, 0.15) is 17.5 Å². The molecule has 0 unspecified atom stereocenters. The molecule has 0 saturated carbocycles. The number of benzene rings is 2. The standard InChI is InChI=1S/C17H21NO2/c1-13-9-14(2)11-17(10-13)20-8-4-7-19-16-6-3-5-15(18)12-16/h3,5-6,9-12H,4,7-8,18H2,1-2H3. The quantitative estimate of drug-likeness (QED) is 0.643. The first-order valence-electron chi connectivity index (χ1n) is 6.83. The fraction of sp³-hybridized carbons (Fsp3) is 0.294. The Hall–Kier alpha value is -2.16. The molecule has 2 aromatic rings. The highest BCUT2D eigenvalue weighted by Crippen LogP contribution is 2.17. The second-order valence-electron chi connectivity index (χ2n) is 4.95. The Balaban J connectivity index is 1.71. The molecule has 2 N–H and O–H groups in total. The summed E-state index contributed by atoms with van der Waals surface area (Å²) in [6, 6.07) is 13.7. The SMILES string of the molecule is Cc1cc(C)cc(OCCCOc2cccc(N)c2)c1. The van der Waals surface area contributed by atoms with Gasteiger partial charge in [0.15, 0.2) is 0 Å². The third kappa shape index (κ3) is 4.50. The molecule has 2 rings (SSSR count). The lowest BCUT2D eigenvalue weighted by atomic mass is 10.1. The molecule has 2 aromatic carbocycles. The van der Waals surface area contributed by atoms with E-state index < -0.39 is 0 Å². The second kappa shape index (κ2) is 6.85. The molecule has 0 amide bonds. The Morgan fingerprint density at radius 1 is 0.850 bits per heavy atom. The summed E-state index contributed by atoms with van der Waals surface area (Å²) in [4.78, 5) is 0. The molecule has 0 aliphatic rings. The van der Waals surface area contributed by atoms with Gasteiger partial charge in [0.25, 0.3) is 0 Å². The first kappa shape index (κ1) is 14.3. The van der Waals surface area contributed by atoms with Crippen molar-refractivity contribution in [1.82, 2.24) is 0 Å². The van der Waals surface area contributed by atoms with Crippen LogP contribution in [0, 0.1) is 13.8 Å². The van der Waals surface area contributed by atoms with E-state index in [4.69, 9.17) is 15.2 Å². The van der Waals surface area contributed by atoms with Crippen molar-refractivity contribution in [3.63, 3.8) is 0 Å². The summed E-state index contributed by atoms with van der Waals surface area (Å²) in [5, 5.41) is 0. The molecule has 0 aliphatic carbocycles. The van der Waals surface area contributed by atoms with Gasteiger partial charge < -0.3 is 15.2 Å². The summed E-state index contributed by atoms with van der Waals surface area (Å²) < 4.78 is 11.3. The van der Waals surface area contributed by atoms with Crippen molar-refractivity contribution in [1.29, 1.82) is 0 Å². The van der Waals surface area contributed by atoms with Crippen LogP contribution in [0.5, 0.6) is 11.5 Å². The van der Waals surface area contributed by atoms with Gasteiger partial charge in [-0.3, -0.25) is 0 Å². The van der Waals surface area contributed by atoms with E-state index in [1.165, 1.54) is 11.1 Å². The highest BCUT2D eigenvalue weighted by atomic mass is 16.5. The molecule has 0 saturated heterocycles. The van der Waals surface area contributed by atoms with Gasteiger partial charge in [-0.25, -0.2) is 0 Å². The fourth-order valence-electron chi connectivity index (χ4n) is 2.06. The van der Waals surface area contributed by atoms with Crippen molar-refractivity contribution in [3.8, 4) is 11.5 Å². The summed E-state index contributed by atoms with van der Waals surface area (Å²) in [5.41, 5.74) is 8.84. The van der Waals surface area contributed by atoms with E-state index in [-0.39, 0.29) is 0 Å². The average molecular weight is 271 g/mol. The van der Waals surface area contributed by atoms with E-state index >= 15 is 0 Å². The first-order valence-corrected chi connectivity index (χ1v) is 6.83. The minimum atomic E-state index is 0.619. The van der Waals surface area contributed by atoms with E-state index in [0.29, 0.717) is 18.9 Å².